The normalized spacial score (nSPS) is 17.3. The molecule has 1 aromatic rings. The Labute approximate surface area is 126 Å². The molecule has 2 rings (SSSR count). The van der Waals surface area contributed by atoms with E-state index in [9.17, 15) is 8.42 Å². The molecule has 1 saturated carbocycles. The van der Waals surface area contributed by atoms with Crippen LogP contribution in [0.4, 0.5) is 0 Å². The third-order valence-corrected chi connectivity index (χ3v) is 6.49. The molecular weight excluding hydrogens is 292 g/mol. The molecule has 1 aromatic heterocycles. The van der Waals surface area contributed by atoms with Crippen molar-refractivity contribution in [2.75, 3.05) is 0 Å². The van der Waals surface area contributed by atoms with Gasteiger partial charge in [-0.15, -0.1) is 11.3 Å². The Morgan fingerprint density at radius 3 is 2.85 bits per heavy atom. The Balaban J connectivity index is 1.90. The van der Waals surface area contributed by atoms with Gasteiger partial charge in [-0.25, -0.2) is 13.1 Å². The zero-order chi connectivity index (χ0) is 14.6. The number of thiophene rings is 1. The maximum Gasteiger partial charge on any atom is 0.250 e. The highest BCUT2D eigenvalue weighted by atomic mass is 32.2. The molecule has 1 atom stereocenters. The first-order chi connectivity index (χ1) is 9.51. The fourth-order valence-corrected chi connectivity index (χ4v) is 4.53. The molecule has 0 amide bonds. The summed E-state index contributed by atoms with van der Waals surface area (Å²) in [6.45, 7) is 4.80. The zero-order valence-corrected chi connectivity index (χ0v) is 13.8. The van der Waals surface area contributed by atoms with Gasteiger partial charge >= 0.3 is 0 Å². The molecule has 6 heteroatoms. The van der Waals surface area contributed by atoms with Gasteiger partial charge in [-0.1, -0.05) is 19.8 Å². The first-order valence-electron chi connectivity index (χ1n) is 7.34. The van der Waals surface area contributed by atoms with Gasteiger partial charge in [0.05, 0.1) is 0 Å². The smallest absolute Gasteiger partial charge is 0.250 e. The number of hydrogen-bond donors (Lipinski definition) is 2. The summed E-state index contributed by atoms with van der Waals surface area (Å²) in [4.78, 5) is 0. The van der Waals surface area contributed by atoms with Crippen molar-refractivity contribution in [1.82, 2.24) is 10.0 Å². The zero-order valence-electron chi connectivity index (χ0n) is 12.2. The van der Waals surface area contributed by atoms with Crippen LogP contribution in [0.1, 0.15) is 51.5 Å². The summed E-state index contributed by atoms with van der Waals surface area (Å²) in [6.07, 6.45) is 5.50. The van der Waals surface area contributed by atoms with Gasteiger partial charge in [0.2, 0.25) is 10.0 Å². The molecule has 1 aliphatic rings. The number of hydrogen-bond acceptors (Lipinski definition) is 4. The van der Waals surface area contributed by atoms with E-state index < -0.39 is 10.0 Å². The third kappa shape index (κ3) is 4.84. The highest BCUT2D eigenvalue weighted by Gasteiger charge is 2.22. The van der Waals surface area contributed by atoms with Crippen molar-refractivity contribution in [3.8, 4) is 0 Å². The van der Waals surface area contributed by atoms with Crippen LogP contribution in [0.15, 0.2) is 15.7 Å². The monoisotopic (exact) mass is 316 g/mol. The summed E-state index contributed by atoms with van der Waals surface area (Å²) in [6, 6.07) is 2.42. The summed E-state index contributed by atoms with van der Waals surface area (Å²) >= 11 is 1.30. The van der Waals surface area contributed by atoms with E-state index in [0.29, 0.717) is 10.3 Å². The van der Waals surface area contributed by atoms with Crippen LogP contribution in [0.5, 0.6) is 0 Å². The summed E-state index contributed by atoms with van der Waals surface area (Å²) in [5, 5.41) is 5.33. The van der Waals surface area contributed by atoms with E-state index in [0.717, 1.165) is 31.4 Å². The van der Waals surface area contributed by atoms with Gasteiger partial charge in [0.15, 0.2) is 0 Å². The van der Waals surface area contributed by atoms with Gasteiger partial charge < -0.3 is 5.32 Å². The van der Waals surface area contributed by atoms with Crippen LogP contribution >= 0.6 is 11.3 Å². The molecule has 0 spiro atoms. The molecule has 1 aliphatic carbocycles. The predicted molar refractivity (Wildman–Crippen MR) is 83.5 cm³/mol. The fraction of sp³-hybridized carbons (Fsp3) is 0.714. The quantitative estimate of drug-likeness (QED) is 0.736. The predicted octanol–water partition coefficient (Wildman–Crippen LogP) is 2.86. The van der Waals surface area contributed by atoms with Crippen LogP contribution < -0.4 is 10.0 Å². The molecule has 2 N–H and O–H groups in total. The maximum atomic E-state index is 12.2. The van der Waals surface area contributed by atoms with Crippen LogP contribution in [0.25, 0.3) is 0 Å². The van der Waals surface area contributed by atoms with Crippen LogP contribution in [0, 0.1) is 0 Å². The molecule has 4 nitrogen and oxygen atoms in total. The minimum atomic E-state index is -3.35. The van der Waals surface area contributed by atoms with Crippen LogP contribution in [0.3, 0.4) is 0 Å². The van der Waals surface area contributed by atoms with E-state index in [1.54, 1.807) is 6.07 Å². The summed E-state index contributed by atoms with van der Waals surface area (Å²) in [7, 11) is -3.35. The molecule has 0 saturated heterocycles. The number of unbranched alkanes of at least 4 members (excludes halogenated alkanes) is 1. The van der Waals surface area contributed by atoms with Crippen molar-refractivity contribution in [3.05, 3.63) is 17.0 Å². The third-order valence-electron chi connectivity index (χ3n) is 3.41. The van der Waals surface area contributed by atoms with E-state index in [2.05, 4.69) is 17.0 Å². The average Bonchev–Trinajstić information content (AvgIpc) is 3.09. The van der Waals surface area contributed by atoms with E-state index in [1.807, 2.05) is 12.3 Å². The first-order valence-corrected chi connectivity index (χ1v) is 9.70. The van der Waals surface area contributed by atoms with Crippen LogP contribution in [-0.4, -0.2) is 20.5 Å². The molecule has 20 heavy (non-hydrogen) atoms. The number of rotatable bonds is 9. The van der Waals surface area contributed by atoms with Crippen molar-refractivity contribution < 1.29 is 8.42 Å². The molecule has 1 fully saturated rings. The molecule has 0 aliphatic heterocycles. The van der Waals surface area contributed by atoms with Crippen molar-refractivity contribution in [2.45, 2.75) is 68.8 Å². The topological polar surface area (TPSA) is 58.2 Å². The van der Waals surface area contributed by atoms with Crippen LogP contribution in [0.2, 0.25) is 0 Å². The average molecular weight is 316 g/mol. The van der Waals surface area contributed by atoms with E-state index >= 15 is 0 Å². The minimum Gasteiger partial charge on any atom is -0.310 e. The maximum absolute atomic E-state index is 12.2. The lowest BCUT2D eigenvalue weighted by atomic mass is 10.2. The Bertz CT molecular complexity index is 521. The number of nitrogens with one attached hydrogen (secondary N) is 2. The summed E-state index contributed by atoms with van der Waals surface area (Å²) < 4.78 is 27.7. The number of sulfonamides is 1. The van der Waals surface area contributed by atoms with Crippen molar-refractivity contribution in [2.24, 2.45) is 0 Å². The summed E-state index contributed by atoms with van der Waals surface area (Å²) in [5.41, 5.74) is 1.06. The molecular formula is C14H24N2O2S2. The highest BCUT2D eigenvalue weighted by Crippen LogP contribution is 2.23. The standard InChI is InChI=1S/C14H24N2O2S2/c1-3-4-5-11(2)16-20(17,18)14-8-12(10-19-14)9-15-13-6-7-13/h8,10-11,13,15-16H,3-7,9H2,1-2H3. The SMILES string of the molecule is CCCCC(C)NS(=O)(=O)c1cc(CNC2CC2)cs1. The molecule has 0 radical (unpaired) electrons. The molecule has 114 valence electrons. The Hall–Kier alpha value is -0.430. The van der Waals surface area contributed by atoms with E-state index in [4.69, 9.17) is 0 Å². The molecule has 0 aromatic carbocycles. The molecule has 1 unspecified atom stereocenters. The Morgan fingerprint density at radius 2 is 2.20 bits per heavy atom. The second kappa shape index (κ2) is 7.02. The second-order valence-corrected chi connectivity index (χ2v) is 8.45. The lowest BCUT2D eigenvalue weighted by molar-refractivity contribution is 0.535. The lowest BCUT2D eigenvalue weighted by Gasteiger charge is -2.12. The minimum absolute atomic E-state index is 0.00455. The van der Waals surface area contributed by atoms with Crippen molar-refractivity contribution >= 4 is 21.4 Å². The Morgan fingerprint density at radius 1 is 1.45 bits per heavy atom. The Kier molecular flexibility index (Phi) is 5.60. The van der Waals surface area contributed by atoms with Gasteiger partial charge in [-0.2, -0.15) is 0 Å². The van der Waals surface area contributed by atoms with E-state index in [-0.39, 0.29) is 6.04 Å². The van der Waals surface area contributed by atoms with Gasteiger partial charge in [0, 0.05) is 18.6 Å². The lowest BCUT2D eigenvalue weighted by Crippen LogP contribution is -2.32. The summed E-state index contributed by atoms with van der Waals surface area (Å²) in [5.74, 6) is 0. The van der Waals surface area contributed by atoms with Gasteiger partial charge in [-0.3, -0.25) is 0 Å². The van der Waals surface area contributed by atoms with Gasteiger partial charge in [0.25, 0.3) is 0 Å². The molecule has 1 heterocycles. The fourth-order valence-electron chi connectivity index (χ4n) is 2.03. The highest BCUT2D eigenvalue weighted by molar-refractivity contribution is 7.91. The van der Waals surface area contributed by atoms with Crippen LogP contribution in [-0.2, 0) is 16.6 Å². The van der Waals surface area contributed by atoms with E-state index in [1.165, 1.54) is 24.2 Å². The largest absolute Gasteiger partial charge is 0.310 e. The van der Waals surface area contributed by atoms with Crippen molar-refractivity contribution in [3.63, 3.8) is 0 Å². The first kappa shape index (κ1) is 15.9. The molecule has 0 bridgehead atoms. The van der Waals surface area contributed by atoms with Gasteiger partial charge in [0.1, 0.15) is 4.21 Å². The second-order valence-electron chi connectivity index (χ2n) is 5.59. The van der Waals surface area contributed by atoms with Gasteiger partial charge in [-0.05, 0) is 43.2 Å². The van der Waals surface area contributed by atoms with Crippen molar-refractivity contribution in [1.29, 1.82) is 0 Å².